The molecule has 1 aliphatic rings. The Kier molecular flexibility index (Phi) is 5.26. The molecule has 4 aromatic rings. The Morgan fingerprint density at radius 1 is 1.06 bits per heavy atom. The topological polar surface area (TPSA) is 51.9 Å². The lowest BCUT2D eigenvalue weighted by Gasteiger charge is -2.29. The van der Waals surface area contributed by atoms with Gasteiger partial charge in [-0.2, -0.15) is 0 Å². The summed E-state index contributed by atoms with van der Waals surface area (Å²) in [7, 11) is 1.67. The lowest BCUT2D eigenvalue weighted by Crippen LogP contribution is -2.32. The van der Waals surface area contributed by atoms with Crippen LogP contribution >= 0.6 is 15.9 Å². The molecule has 0 N–H and O–H groups in total. The van der Waals surface area contributed by atoms with Crippen LogP contribution in [-0.4, -0.2) is 18.7 Å². The van der Waals surface area contributed by atoms with E-state index in [0.717, 1.165) is 32.7 Å². The maximum absolute atomic E-state index is 13.2. The van der Waals surface area contributed by atoms with Gasteiger partial charge in [0.15, 0.2) is 0 Å². The number of ether oxygens (including phenoxy) is 2. The maximum Gasteiger partial charge on any atom is 0.200 e. The number of rotatable bonds is 4. The van der Waals surface area contributed by atoms with Gasteiger partial charge in [0.2, 0.25) is 5.43 Å². The Bertz CT molecular complexity index is 1310. The zero-order chi connectivity index (χ0) is 21.4. The van der Waals surface area contributed by atoms with E-state index in [2.05, 4.69) is 20.8 Å². The first-order valence-electron chi connectivity index (χ1n) is 9.94. The molecule has 0 radical (unpaired) electrons. The number of methoxy groups -OCH3 is 1. The van der Waals surface area contributed by atoms with E-state index in [1.165, 1.54) is 0 Å². The Morgan fingerprint density at radius 2 is 1.87 bits per heavy atom. The lowest BCUT2D eigenvalue weighted by molar-refractivity contribution is 0.0882. The molecule has 0 unspecified atom stereocenters. The highest BCUT2D eigenvalue weighted by molar-refractivity contribution is 9.10. The van der Waals surface area contributed by atoms with Gasteiger partial charge in [-0.3, -0.25) is 9.69 Å². The molecule has 1 aromatic heterocycles. The lowest BCUT2D eigenvalue weighted by atomic mass is 10.0. The van der Waals surface area contributed by atoms with Crippen LogP contribution in [0.4, 0.5) is 0 Å². The quantitative estimate of drug-likeness (QED) is 0.383. The van der Waals surface area contributed by atoms with Gasteiger partial charge in [-0.05, 0) is 35.9 Å². The summed E-state index contributed by atoms with van der Waals surface area (Å²) in [6, 6.07) is 19.2. The van der Waals surface area contributed by atoms with Crippen LogP contribution in [0.15, 0.2) is 80.6 Å². The van der Waals surface area contributed by atoms with E-state index in [0.29, 0.717) is 36.4 Å². The molecule has 0 saturated carbocycles. The Hall–Kier alpha value is -3.09. The number of nitrogens with zero attached hydrogens (tertiary/aromatic N) is 1. The van der Waals surface area contributed by atoms with E-state index < -0.39 is 0 Å². The van der Waals surface area contributed by atoms with Crippen molar-refractivity contribution in [1.82, 2.24) is 4.90 Å². The van der Waals surface area contributed by atoms with Crippen molar-refractivity contribution in [1.29, 1.82) is 0 Å². The predicted molar refractivity (Wildman–Crippen MR) is 123 cm³/mol. The molecule has 1 aliphatic heterocycles. The monoisotopic (exact) mass is 477 g/mol. The molecule has 6 heteroatoms. The van der Waals surface area contributed by atoms with E-state index in [1.807, 2.05) is 54.6 Å². The van der Waals surface area contributed by atoms with Gasteiger partial charge < -0.3 is 13.9 Å². The molecule has 2 heterocycles. The largest absolute Gasteiger partial charge is 0.496 e. The second kappa shape index (κ2) is 8.21. The summed E-state index contributed by atoms with van der Waals surface area (Å²) in [5.41, 5.74) is 3.86. The second-order valence-electron chi connectivity index (χ2n) is 7.48. The van der Waals surface area contributed by atoms with Crippen LogP contribution in [0.3, 0.4) is 0 Å². The van der Waals surface area contributed by atoms with Crippen LogP contribution in [0.1, 0.15) is 11.1 Å². The van der Waals surface area contributed by atoms with Crippen molar-refractivity contribution in [3.63, 3.8) is 0 Å². The SMILES string of the molecule is COc1ccccc1CN1COc2ccc3c(=O)c(-c4ccc(Br)cc4)coc3c2C1. The zero-order valence-electron chi connectivity index (χ0n) is 16.9. The number of para-hydroxylation sites is 1. The Balaban J connectivity index is 1.51. The molecule has 0 spiro atoms. The van der Waals surface area contributed by atoms with Crippen molar-refractivity contribution in [3.8, 4) is 22.6 Å². The molecule has 0 fully saturated rings. The summed E-state index contributed by atoms with van der Waals surface area (Å²) in [6.07, 6.45) is 1.55. The summed E-state index contributed by atoms with van der Waals surface area (Å²) >= 11 is 3.43. The summed E-state index contributed by atoms with van der Waals surface area (Å²) in [5, 5.41) is 0.557. The van der Waals surface area contributed by atoms with E-state index >= 15 is 0 Å². The van der Waals surface area contributed by atoms with Gasteiger partial charge in [-0.1, -0.05) is 46.3 Å². The third kappa shape index (κ3) is 3.73. The fourth-order valence-electron chi connectivity index (χ4n) is 3.96. The van der Waals surface area contributed by atoms with E-state index in [1.54, 1.807) is 19.4 Å². The predicted octanol–water partition coefficient (Wildman–Crippen LogP) is 5.58. The first kappa shape index (κ1) is 19.8. The zero-order valence-corrected chi connectivity index (χ0v) is 18.5. The van der Waals surface area contributed by atoms with Gasteiger partial charge >= 0.3 is 0 Å². The average molecular weight is 478 g/mol. The van der Waals surface area contributed by atoms with Crippen molar-refractivity contribution in [3.05, 3.63) is 92.7 Å². The highest BCUT2D eigenvalue weighted by Crippen LogP contribution is 2.33. The molecular formula is C25H20BrNO4. The summed E-state index contributed by atoms with van der Waals surface area (Å²) in [5.74, 6) is 1.60. The molecular weight excluding hydrogens is 458 g/mol. The van der Waals surface area contributed by atoms with Crippen LogP contribution in [0.25, 0.3) is 22.1 Å². The van der Waals surface area contributed by atoms with Gasteiger partial charge in [0, 0.05) is 23.1 Å². The fourth-order valence-corrected chi connectivity index (χ4v) is 4.22. The smallest absolute Gasteiger partial charge is 0.200 e. The molecule has 3 aromatic carbocycles. The standard InChI is InChI=1S/C25H20BrNO4/c1-29-22-5-3-2-4-17(22)12-27-13-20-23(31-15-27)11-10-19-24(28)21(14-30-25(19)20)16-6-8-18(26)9-7-16/h2-11,14H,12-13,15H2,1H3. The second-order valence-corrected chi connectivity index (χ2v) is 8.39. The molecule has 5 nitrogen and oxygen atoms in total. The summed E-state index contributed by atoms with van der Waals surface area (Å²) in [6.45, 7) is 1.74. The van der Waals surface area contributed by atoms with E-state index in [9.17, 15) is 4.79 Å². The normalized spacial score (nSPS) is 13.6. The third-order valence-electron chi connectivity index (χ3n) is 5.53. The molecule has 0 bridgehead atoms. The van der Waals surface area contributed by atoms with Gasteiger partial charge in [0.25, 0.3) is 0 Å². The average Bonchev–Trinajstić information content (AvgIpc) is 2.80. The van der Waals surface area contributed by atoms with Crippen molar-refractivity contribution in [2.45, 2.75) is 13.1 Å². The van der Waals surface area contributed by atoms with Gasteiger partial charge in [0.05, 0.1) is 23.6 Å². The number of hydrogen-bond acceptors (Lipinski definition) is 5. The minimum atomic E-state index is -0.0479. The van der Waals surface area contributed by atoms with Gasteiger partial charge in [-0.15, -0.1) is 0 Å². The molecule has 0 amide bonds. The van der Waals surface area contributed by atoms with Crippen molar-refractivity contribution < 1.29 is 13.9 Å². The highest BCUT2D eigenvalue weighted by atomic mass is 79.9. The first-order valence-corrected chi connectivity index (χ1v) is 10.7. The van der Waals surface area contributed by atoms with Crippen molar-refractivity contribution in [2.24, 2.45) is 0 Å². The number of benzene rings is 3. The fraction of sp³-hybridized carbons (Fsp3) is 0.160. The van der Waals surface area contributed by atoms with Crippen LogP contribution in [0, 0.1) is 0 Å². The van der Waals surface area contributed by atoms with Crippen molar-refractivity contribution >= 4 is 26.9 Å². The molecule has 0 aliphatic carbocycles. The maximum atomic E-state index is 13.2. The number of fused-ring (bicyclic) bond motifs is 3. The van der Waals surface area contributed by atoms with Crippen LogP contribution in [-0.2, 0) is 13.1 Å². The van der Waals surface area contributed by atoms with E-state index in [-0.39, 0.29) is 5.43 Å². The van der Waals surface area contributed by atoms with Gasteiger partial charge in [-0.25, -0.2) is 0 Å². The Labute approximate surface area is 188 Å². The minimum absolute atomic E-state index is 0.0479. The molecule has 0 saturated heterocycles. The molecule has 5 rings (SSSR count). The van der Waals surface area contributed by atoms with Crippen LogP contribution in [0.5, 0.6) is 11.5 Å². The highest BCUT2D eigenvalue weighted by Gasteiger charge is 2.23. The number of hydrogen-bond donors (Lipinski definition) is 0. The summed E-state index contributed by atoms with van der Waals surface area (Å²) < 4.78 is 18.4. The molecule has 31 heavy (non-hydrogen) atoms. The molecule has 0 atom stereocenters. The van der Waals surface area contributed by atoms with Crippen LogP contribution < -0.4 is 14.9 Å². The third-order valence-corrected chi connectivity index (χ3v) is 6.06. The first-order chi connectivity index (χ1) is 15.1. The van der Waals surface area contributed by atoms with Gasteiger partial charge in [0.1, 0.15) is 30.1 Å². The summed E-state index contributed by atoms with van der Waals surface area (Å²) in [4.78, 5) is 15.4. The van der Waals surface area contributed by atoms with Crippen LogP contribution in [0.2, 0.25) is 0 Å². The van der Waals surface area contributed by atoms with E-state index in [4.69, 9.17) is 13.9 Å². The minimum Gasteiger partial charge on any atom is -0.496 e. The number of halogens is 1. The Morgan fingerprint density at radius 3 is 2.68 bits per heavy atom. The van der Waals surface area contributed by atoms with Crippen molar-refractivity contribution in [2.75, 3.05) is 13.8 Å². The molecule has 156 valence electrons.